The van der Waals surface area contributed by atoms with Crippen LogP contribution in [0.5, 0.6) is 0 Å². The maximum Gasteiger partial charge on any atom is 0.240 e. The van der Waals surface area contributed by atoms with Crippen molar-refractivity contribution >= 4 is 15.7 Å². The molecule has 0 spiro atoms. The Labute approximate surface area is 115 Å². The van der Waals surface area contributed by atoms with E-state index in [0.29, 0.717) is 10.9 Å². The van der Waals surface area contributed by atoms with Crippen molar-refractivity contribution in [3.63, 3.8) is 0 Å². The molecular weight excluding hydrogens is 262 g/mol. The molecule has 1 aromatic rings. The Balaban J connectivity index is 2.13. The van der Waals surface area contributed by atoms with E-state index in [-0.39, 0.29) is 0 Å². The van der Waals surface area contributed by atoms with Gasteiger partial charge in [-0.3, -0.25) is 0 Å². The molecule has 0 radical (unpaired) electrons. The minimum atomic E-state index is -3.35. The molecule has 1 atom stereocenters. The lowest BCUT2D eigenvalue weighted by molar-refractivity contribution is 0.445. The lowest BCUT2D eigenvalue weighted by atomic mass is 10.1. The van der Waals surface area contributed by atoms with Crippen molar-refractivity contribution in [2.75, 3.05) is 32.1 Å². The van der Waals surface area contributed by atoms with Crippen LogP contribution < -0.4 is 14.9 Å². The zero-order valence-corrected chi connectivity index (χ0v) is 12.2. The van der Waals surface area contributed by atoms with Crippen molar-refractivity contribution in [1.82, 2.24) is 10.0 Å². The second-order valence-corrected chi connectivity index (χ2v) is 6.70. The Morgan fingerprint density at radius 3 is 2.53 bits per heavy atom. The number of sulfonamides is 1. The number of hydrogen-bond donors (Lipinski definition) is 2. The van der Waals surface area contributed by atoms with E-state index in [1.54, 1.807) is 12.1 Å². The van der Waals surface area contributed by atoms with Crippen LogP contribution in [0, 0.1) is 0 Å². The molecule has 2 N–H and O–H groups in total. The molecule has 1 aliphatic rings. The van der Waals surface area contributed by atoms with E-state index in [2.05, 4.69) is 22.0 Å². The van der Waals surface area contributed by atoms with Gasteiger partial charge in [0.25, 0.3) is 0 Å². The molecule has 1 fully saturated rings. The van der Waals surface area contributed by atoms with Crippen molar-refractivity contribution in [2.45, 2.75) is 23.8 Å². The third kappa shape index (κ3) is 3.26. The van der Waals surface area contributed by atoms with E-state index in [4.69, 9.17) is 0 Å². The maximum absolute atomic E-state index is 11.6. The lowest BCUT2D eigenvalue weighted by Crippen LogP contribution is -2.44. The summed E-state index contributed by atoms with van der Waals surface area (Å²) >= 11 is 0. The van der Waals surface area contributed by atoms with E-state index in [1.165, 1.54) is 19.9 Å². The van der Waals surface area contributed by atoms with Crippen molar-refractivity contribution in [2.24, 2.45) is 0 Å². The summed E-state index contributed by atoms with van der Waals surface area (Å²) in [6.45, 7) is 2.07. The van der Waals surface area contributed by atoms with Crippen molar-refractivity contribution < 1.29 is 8.42 Å². The first kappa shape index (κ1) is 14.3. The van der Waals surface area contributed by atoms with Gasteiger partial charge in [0.15, 0.2) is 0 Å². The number of benzene rings is 1. The van der Waals surface area contributed by atoms with E-state index in [1.807, 2.05) is 12.1 Å². The van der Waals surface area contributed by atoms with Crippen molar-refractivity contribution in [3.05, 3.63) is 24.3 Å². The van der Waals surface area contributed by atoms with Gasteiger partial charge >= 0.3 is 0 Å². The topological polar surface area (TPSA) is 61.4 Å². The summed E-state index contributed by atoms with van der Waals surface area (Å²) in [6.07, 6.45) is 2.35. The van der Waals surface area contributed by atoms with Gasteiger partial charge in [-0.1, -0.05) is 0 Å². The van der Waals surface area contributed by atoms with Crippen LogP contribution in [0.3, 0.4) is 0 Å². The summed E-state index contributed by atoms with van der Waals surface area (Å²) in [7, 11) is 0.128. The largest absolute Gasteiger partial charge is 0.370 e. The van der Waals surface area contributed by atoms with Crippen LogP contribution in [-0.2, 0) is 10.0 Å². The highest BCUT2D eigenvalue weighted by atomic mass is 32.2. The summed E-state index contributed by atoms with van der Waals surface area (Å²) in [6, 6.07) is 7.49. The zero-order valence-electron chi connectivity index (χ0n) is 11.4. The van der Waals surface area contributed by atoms with Gasteiger partial charge < -0.3 is 10.2 Å². The van der Waals surface area contributed by atoms with Crippen molar-refractivity contribution in [3.8, 4) is 0 Å². The summed E-state index contributed by atoms with van der Waals surface area (Å²) in [5.41, 5.74) is 1.05. The summed E-state index contributed by atoms with van der Waals surface area (Å²) in [5, 5.41) is 3.38. The van der Waals surface area contributed by atoms with E-state index in [9.17, 15) is 8.42 Å². The Kier molecular flexibility index (Phi) is 4.44. The minimum Gasteiger partial charge on any atom is -0.370 e. The number of rotatable bonds is 4. The molecular formula is C13H21N3O2S. The predicted octanol–water partition coefficient (Wildman–Crippen LogP) is 0.783. The number of likely N-dealkylation sites (N-methyl/N-ethyl adjacent to an activating group) is 1. The van der Waals surface area contributed by atoms with Crippen LogP contribution in [0.25, 0.3) is 0 Å². The van der Waals surface area contributed by atoms with Gasteiger partial charge in [0.05, 0.1) is 4.90 Å². The number of nitrogens with one attached hydrogen (secondary N) is 2. The van der Waals surface area contributed by atoms with Gasteiger partial charge in [-0.15, -0.1) is 0 Å². The summed E-state index contributed by atoms with van der Waals surface area (Å²) < 4.78 is 25.6. The van der Waals surface area contributed by atoms with Gasteiger partial charge in [0.1, 0.15) is 0 Å². The molecule has 2 rings (SSSR count). The standard InChI is InChI=1S/C13H21N3O2S/c1-14-19(17,18)13-7-5-11(6-8-13)16(2)12-4-3-9-15-10-12/h5-8,12,14-15H,3-4,9-10H2,1-2H3. The highest BCUT2D eigenvalue weighted by molar-refractivity contribution is 7.89. The average molecular weight is 283 g/mol. The summed E-state index contributed by atoms with van der Waals surface area (Å²) in [5.74, 6) is 0. The van der Waals surface area contributed by atoms with E-state index < -0.39 is 10.0 Å². The molecule has 106 valence electrons. The number of piperidine rings is 1. The molecule has 0 aliphatic carbocycles. The minimum absolute atomic E-state index is 0.300. The molecule has 6 heteroatoms. The van der Waals surface area contributed by atoms with Gasteiger partial charge in [-0.25, -0.2) is 13.1 Å². The third-order valence-corrected chi connectivity index (χ3v) is 5.07. The van der Waals surface area contributed by atoms with Crippen LogP contribution in [0.2, 0.25) is 0 Å². The molecule has 19 heavy (non-hydrogen) atoms. The fourth-order valence-corrected chi connectivity index (χ4v) is 3.08. The fourth-order valence-electron chi connectivity index (χ4n) is 2.35. The molecule has 0 amide bonds. The quantitative estimate of drug-likeness (QED) is 0.857. The molecule has 5 nitrogen and oxygen atoms in total. The van der Waals surface area contributed by atoms with Crippen LogP contribution in [0.15, 0.2) is 29.2 Å². The van der Waals surface area contributed by atoms with Crippen LogP contribution in [-0.4, -0.2) is 41.6 Å². The van der Waals surface area contributed by atoms with Crippen LogP contribution in [0.4, 0.5) is 5.69 Å². The zero-order chi connectivity index (χ0) is 13.9. The lowest BCUT2D eigenvalue weighted by Gasteiger charge is -2.33. The number of anilines is 1. The maximum atomic E-state index is 11.6. The third-order valence-electron chi connectivity index (χ3n) is 3.64. The van der Waals surface area contributed by atoms with Gasteiger partial charge in [0.2, 0.25) is 10.0 Å². The van der Waals surface area contributed by atoms with Crippen LogP contribution >= 0.6 is 0 Å². The van der Waals surface area contributed by atoms with E-state index >= 15 is 0 Å². The molecule has 0 bridgehead atoms. The molecule has 1 unspecified atom stereocenters. The first-order valence-corrected chi connectivity index (χ1v) is 8.00. The molecule has 0 aromatic heterocycles. The van der Waals surface area contributed by atoms with E-state index in [0.717, 1.165) is 18.8 Å². The molecule has 1 aromatic carbocycles. The van der Waals surface area contributed by atoms with Crippen LogP contribution in [0.1, 0.15) is 12.8 Å². The molecule has 1 saturated heterocycles. The van der Waals surface area contributed by atoms with Gasteiger partial charge in [-0.05, 0) is 50.7 Å². The monoisotopic (exact) mass is 283 g/mol. The fraction of sp³-hybridized carbons (Fsp3) is 0.538. The molecule has 1 aliphatic heterocycles. The Hall–Kier alpha value is -1.11. The SMILES string of the molecule is CNS(=O)(=O)c1ccc(N(C)C2CCCNC2)cc1. The van der Waals surface area contributed by atoms with Gasteiger partial charge in [0, 0.05) is 25.3 Å². The number of nitrogens with zero attached hydrogens (tertiary/aromatic N) is 1. The summed E-state index contributed by atoms with van der Waals surface area (Å²) in [4.78, 5) is 2.51. The Bertz CT molecular complexity index is 507. The predicted molar refractivity (Wildman–Crippen MR) is 77.0 cm³/mol. The average Bonchev–Trinajstić information content (AvgIpc) is 2.47. The smallest absolute Gasteiger partial charge is 0.240 e. The first-order valence-electron chi connectivity index (χ1n) is 6.52. The first-order chi connectivity index (χ1) is 9.04. The van der Waals surface area contributed by atoms with Crippen molar-refractivity contribution in [1.29, 1.82) is 0 Å². The highest BCUT2D eigenvalue weighted by Gasteiger charge is 2.18. The second kappa shape index (κ2) is 5.90. The molecule has 0 saturated carbocycles. The van der Waals surface area contributed by atoms with Gasteiger partial charge in [-0.2, -0.15) is 0 Å². The highest BCUT2D eigenvalue weighted by Crippen LogP contribution is 2.21. The normalized spacial score (nSPS) is 20.2. The Morgan fingerprint density at radius 1 is 1.32 bits per heavy atom. The second-order valence-electron chi connectivity index (χ2n) is 4.81. The Morgan fingerprint density at radius 2 is 2.00 bits per heavy atom. The number of hydrogen-bond acceptors (Lipinski definition) is 4. The molecule has 1 heterocycles.